The van der Waals surface area contributed by atoms with Crippen LogP contribution in [0.4, 0.5) is 0 Å². The number of unbranched alkanes of at least 4 members (excludes halogenated alkanes) is 45. The predicted molar refractivity (Wildman–Crippen MR) is 271 cm³/mol. The minimum absolute atomic E-state index is 0.0394. The van der Waals surface area contributed by atoms with Gasteiger partial charge in [-0.25, -0.2) is 0 Å². The summed E-state index contributed by atoms with van der Waals surface area (Å²) in [6, 6.07) is 0. The Hall–Kier alpha value is 0.434. The van der Waals surface area contributed by atoms with E-state index < -0.39 is 16.1 Å². The van der Waals surface area contributed by atoms with Gasteiger partial charge in [0.15, 0.2) is 0 Å². The molecular weight excluding hydrogens is 780 g/mol. The fourth-order valence-corrected chi connectivity index (χ4v) is 16.7. The van der Waals surface area contributed by atoms with E-state index in [4.69, 9.17) is 6.64 Å². The predicted octanol–water partition coefficient (Wildman–Crippen LogP) is 21.9. The fourth-order valence-electron chi connectivity index (χ4n) is 9.93. The normalized spacial score (nSPS) is 12.4. The average Bonchev–Trinajstić information content (AvgIpc) is 3.24. The fraction of sp³-hybridized carbons (Fsp3) is 1.00. The first kappa shape index (κ1) is 61.4. The minimum atomic E-state index is -4.79. The van der Waals surface area contributed by atoms with Crippen molar-refractivity contribution >= 4 is 0 Å². The number of hydrogen-bond donors (Lipinski definition) is 0. The van der Waals surface area contributed by atoms with Crippen molar-refractivity contribution in [2.24, 2.45) is 0 Å². The third-order valence-electron chi connectivity index (χ3n) is 13.9. The Kier molecular flexibility index (Phi) is 48.7. The second-order valence-electron chi connectivity index (χ2n) is 20.8. The summed E-state index contributed by atoms with van der Waals surface area (Å²) in [6.45, 7) is 11.7. The summed E-state index contributed by atoms with van der Waals surface area (Å²) in [5.74, 6) is 0. The molecule has 0 spiro atoms. The van der Waals surface area contributed by atoms with Crippen molar-refractivity contribution in [3.05, 3.63) is 0 Å². The van der Waals surface area contributed by atoms with Crippen LogP contribution in [0.1, 0.15) is 343 Å². The molecule has 0 saturated carbocycles. The Morgan fingerprint density at radius 2 is 0.459 bits per heavy atom. The van der Waals surface area contributed by atoms with Crippen molar-refractivity contribution in [1.29, 1.82) is 0 Å². The molecule has 3 nitrogen and oxygen atoms in total. The maximum atomic E-state index is 15.3. The van der Waals surface area contributed by atoms with Gasteiger partial charge in [0, 0.05) is 0 Å². The Morgan fingerprint density at radius 3 is 0.656 bits per heavy atom. The van der Waals surface area contributed by atoms with Crippen LogP contribution in [0, 0.1) is 0 Å². The molecule has 4 heteroatoms. The average molecular weight is 899 g/mol. The van der Waals surface area contributed by atoms with Crippen molar-refractivity contribution in [2.75, 3.05) is 6.61 Å². The van der Waals surface area contributed by atoms with Gasteiger partial charge in [0.25, 0.3) is 0 Å². The first-order valence-electron chi connectivity index (χ1n) is 29.1. The Balaban J connectivity index is 4.55. The second-order valence-corrected chi connectivity index (χ2v) is 27.4. The standard InChI is InChI=1S/C18H37O.2C18H37.C3H7O.O.Ti/c1-2-3-4-5-6-7-8-9-10-11-12-13-14-15-16-17-18-19;2*1-3-5-7-9-11-13-15-17-18-16-14-12-10-8-6-4-2;1-3(2)4;;/h2-18H2,1H3;2*1,3-18H2,2H3;3H,1-2H3;;/q-1;;;-1;;+2. The van der Waals surface area contributed by atoms with Gasteiger partial charge in [-0.3, -0.25) is 0 Å². The van der Waals surface area contributed by atoms with Gasteiger partial charge in [0.05, 0.1) is 0 Å². The Morgan fingerprint density at radius 1 is 0.279 bits per heavy atom. The van der Waals surface area contributed by atoms with E-state index in [-0.39, 0.29) is 6.10 Å². The molecule has 0 amide bonds. The van der Waals surface area contributed by atoms with E-state index in [1.807, 2.05) is 0 Å². The van der Waals surface area contributed by atoms with Crippen LogP contribution in [0.2, 0.25) is 9.45 Å². The van der Waals surface area contributed by atoms with Gasteiger partial charge in [-0.05, 0) is 0 Å². The molecule has 0 atom stereocenters. The van der Waals surface area contributed by atoms with E-state index in [9.17, 15) is 0 Å². The van der Waals surface area contributed by atoms with Gasteiger partial charge in [-0.2, -0.15) is 0 Å². The van der Waals surface area contributed by atoms with E-state index in [1.165, 1.54) is 289 Å². The molecule has 0 bridgehead atoms. The van der Waals surface area contributed by atoms with E-state index >= 15 is 3.32 Å². The van der Waals surface area contributed by atoms with Crippen LogP contribution in [0.15, 0.2) is 0 Å². The quantitative estimate of drug-likeness (QED) is 0.0451. The van der Waals surface area contributed by atoms with Gasteiger partial charge < -0.3 is 0 Å². The molecule has 0 heterocycles. The summed E-state index contributed by atoms with van der Waals surface area (Å²) < 4.78 is 30.0. The molecule has 0 radical (unpaired) electrons. The third kappa shape index (κ3) is 45.4. The molecule has 0 rings (SSSR count). The molecule has 0 saturated heterocycles. The SMILES string of the molecule is CCCCCCCCCCCCCCCCCC[O][Ti](=[O])([CH2]CCCCCCCCCCCCCCCCC)([CH2]CCCCCCCCCCCCCCCCC)[O]C(C)C. The van der Waals surface area contributed by atoms with Crippen LogP contribution in [0.5, 0.6) is 0 Å². The van der Waals surface area contributed by atoms with Crippen LogP contribution in [-0.4, -0.2) is 12.7 Å². The van der Waals surface area contributed by atoms with Gasteiger partial charge in [0.2, 0.25) is 0 Å². The van der Waals surface area contributed by atoms with Gasteiger partial charge in [0.1, 0.15) is 0 Å². The molecule has 0 aromatic carbocycles. The van der Waals surface area contributed by atoms with Crippen LogP contribution >= 0.6 is 0 Å². The van der Waals surface area contributed by atoms with E-state index in [2.05, 4.69) is 34.6 Å². The van der Waals surface area contributed by atoms with E-state index in [1.54, 1.807) is 0 Å². The molecule has 0 unspecified atom stereocenters. The summed E-state index contributed by atoms with van der Waals surface area (Å²) in [5, 5.41) is 0. The summed E-state index contributed by atoms with van der Waals surface area (Å²) in [5.41, 5.74) is 0. The van der Waals surface area contributed by atoms with Crippen LogP contribution in [0.25, 0.3) is 0 Å². The van der Waals surface area contributed by atoms with Crippen molar-refractivity contribution in [3.63, 3.8) is 0 Å². The van der Waals surface area contributed by atoms with Gasteiger partial charge in [-0.1, -0.05) is 124 Å². The summed E-state index contributed by atoms with van der Waals surface area (Å²) >= 11 is -4.79. The topological polar surface area (TPSA) is 35.5 Å². The Labute approximate surface area is 388 Å². The first-order chi connectivity index (χ1) is 29.9. The molecule has 0 aromatic heterocycles. The maximum absolute atomic E-state index is 15.3. The van der Waals surface area contributed by atoms with Crippen LogP contribution in [0.3, 0.4) is 0 Å². The molecule has 0 aliphatic rings. The van der Waals surface area contributed by atoms with Crippen molar-refractivity contribution in [1.82, 2.24) is 0 Å². The van der Waals surface area contributed by atoms with Crippen LogP contribution < -0.4 is 0 Å². The molecule has 0 aromatic rings. The molecule has 368 valence electrons. The summed E-state index contributed by atoms with van der Waals surface area (Å²) in [7, 11) is 0. The van der Waals surface area contributed by atoms with Crippen LogP contribution in [-0.2, 0) is 26.0 Å². The van der Waals surface area contributed by atoms with Gasteiger partial charge >= 0.3 is 267 Å². The molecule has 0 aliphatic carbocycles. The number of rotatable bonds is 54. The van der Waals surface area contributed by atoms with E-state index in [0.29, 0.717) is 16.1 Å². The zero-order valence-electron chi connectivity index (χ0n) is 43.4. The molecule has 0 aliphatic heterocycles. The summed E-state index contributed by atoms with van der Waals surface area (Å²) in [6.07, 6.45) is 65.3. The molecule has 61 heavy (non-hydrogen) atoms. The first-order valence-corrected chi connectivity index (χ1v) is 33.2. The summed E-state index contributed by atoms with van der Waals surface area (Å²) in [4.78, 5) is 0. The van der Waals surface area contributed by atoms with Crippen molar-refractivity contribution in [2.45, 2.75) is 358 Å². The van der Waals surface area contributed by atoms with Crippen molar-refractivity contribution in [3.8, 4) is 0 Å². The molecular formula is C57H118O3Ti. The van der Waals surface area contributed by atoms with E-state index in [0.717, 1.165) is 19.3 Å². The molecule has 0 fully saturated rings. The monoisotopic (exact) mass is 899 g/mol. The molecule has 0 N–H and O–H groups in total. The van der Waals surface area contributed by atoms with Crippen molar-refractivity contribution < 1.29 is 26.0 Å². The zero-order valence-corrected chi connectivity index (χ0v) is 44.9. The number of hydrogen-bond acceptors (Lipinski definition) is 3. The second kappa shape index (κ2) is 48.4. The Bertz CT molecular complexity index is 846. The zero-order chi connectivity index (χ0) is 44.5. The third-order valence-corrected chi connectivity index (χ3v) is 20.9. The van der Waals surface area contributed by atoms with Gasteiger partial charge in [-0.15, -0.1) is 0 Å².